The van der Waals surface area contributed by atoms with Crippen LogP contribution in [0.1, 0.15) is 31.2 Å². The van der Waals surface area contributed by atoms with E-state index in [9.17, 15) is 8.42 Å². The van der Waals surface area contributed by atoms with Gasteiger partial charge in [-0.1, -0.05) is 11.8 Å². The molecule has 9 nitrogen and oxygen atoms in total. The standard InChI is InChI=1S/C26H36N6O3S/c1-30-12-14-32(15-13-30)26-28-23-18-20(6-5-11-31-9-3-4-10-31)24(35-2)19-22(23)25(29-26)27-21-7-16-36(33,34)17-8-21/h18-19,21H,3-4,7-17H2,1-2H3,(H,27,28,29). The molecule has 0 spiro atoms. The molecule has 3 aliphatic heterocycles. The molecule has 10 heteroatoms. The largest absolute Gasteiger partial charge is 0.495 e. The summed E-state index contributed by atoms with van der Waals surface area (Å²) in [6.45, 7) is 6.63. The molecule has 0 saturated carbocycles. The summed E-state index contributed by atoms with van der Waals surface area (Å²) in [4.78, 5) is 16.8. The van der Waals surface area contributed by atoms with Crippen LogP contribution in [-0.2, 0) is 9.84 Å². The predicted octanol–water partition coefficient (Wildman–Crippen LogP) is 1.83. The van der Waals surface area contributed by atoms with Crippen molar-refractivity contribution in [2.45, 2.75) is 31.7 Å². The summed E-state index contributed by atoms with van der Waals surface area (Å²) >= 11 is 0. The van der Waals surface area contributed by atoms with Gasteiger partial charge in [0.1, 0.15) is 21.4 Å². The first-order chi connectivity index (χ1) is 17.4. The minimum atomic E-state index is -2.94. The van der Waals surface area contributed by atoms with E-state index in [4.69, 9.17) is 14.7 Å². The van der Waals surface area contributed by atoms with Crippen molar-refractivity contribution in [2.24, 2.45) is 0 Å². The van der Waals surface area contributed by atoms with Crippen molar-refractivity contribution in [1.29, 1.82) is 0 Å². The highest BCUT2D eigenvalue weighted by atomic mass is 32.2. The first-order valence-electron chi connectivity index (χ1n) is 12.9. The molecule has 0 amide bonds. The number of ether oxygens (including phenoxy) is 1. The highest BCUT2D eigenvalue weighted by molar-refractivity contribution is 7.91. The van der Waals surface area contributed by atoms with Crippen LogP contribution in [-0.4, -0.2) is 106 Å². The number of anilines is 2. The fourth-order valence-corrected chi connectivity index (χ4v) is 6.57. The van der Waals surface area contributed by atoms with Crippen LogP contribution in [0, 0.1) is 11.8 Å². The van der Waals surface area contributed by atoms with E-state index in [0.29, 0.717) is 24.5 Å². The maximum absolute atomic E-state index is 11.9. The van der Waals surface area contributed by atoms with Crippen LogP contribution in [0.2, 0.25) is 0 Å². The maximum atomic E-state index is 11.9. The molecule has 4 heterocycles. The SMILES string of the molecule is COc1cc2c(NC3CCS(=O)(=O)CC3)nc(N3CCN(C)CC3)nc2cc1C#CCN1CCCC1. The molecule has 1 aromatic carbocycles. The van der Waals surface area contributed by atoms with Gasteiger partial charge in [0.2, 0.25) is 5.95 Å². The van der Waals surface area contributed by atoms with Gasteiger partial charge in [-0.25, -0.2) is 13.4 Å². The summed E-state index contributed by atoms with van der Waals surface area (Å²) in [5, 5.41) is 4.41. The fraction of sp³-hybridized carbons (Fsp3) is 0.615. The van der Waals surface area contributed by atoms with Crippen molar-refractivity contribution in [3.05, 3.63) is 17.7 Å². The first kappa shape index (κ1) is 25.1. The number of aromatic nitrogens is 2. The van der Waals surface area contributed by atoms with E-state index in [1.165, 1.54) is 12.8 Å². The van der Waals surface area contributed by atoms with Crippen LogP contribution >= 0.6 is 0 Å². The molecule has 0 aliphatic carbocycles. The summed E-state index contributed by atoms with van der Waals surface area (Å²) in [5.74, 6) is 9.17. The van der Waals surface area contributed by atoms with Gasteiger partial charge in [0.15, 0.2) is 0 Å². The third-order valence-electron chi connectivity index (χ3n) is 7.41. The molecule has 0 unspecified atom stereocenters. The van der Waals surface area contributed by atoms with E-state index in [0.717, 1.165) is 68.1 Å². The molecule has 3 aliphatic rings. The molecular weight excluding hydrogens is 476 g/mol. The molecule has 3 fully saturated rings. The van der Waals surface area contributed by atoms with Gasteiger partial charge in [0.25, 0.3) is 0 Å². The lowest BCUT2D eigenvalue weighted by Gasteiger charge is -2.33. The van der Waals surface area contributed by atoms with E-state index >= 15 is 0 Å². The minimum absolute atomic E-state index is 0.0536. The second-order valence-electron chi connectivity index (χ2n) is 10.1. The Balaban J connectivity index is 1.49. The second-order valence-corrected chi connectivity index (χ2v) is 12.4. The number of nitrogens with zero attached hydrogens (tertiary/aromatic N) is 5. The van der Waals surface area contributed by atoms with Crippen molar-refractivity contribution in [1.82, 2.24) is 19.8 Å². The summed E-state index contributed by atoms with van der Waals surface area (Å²) < 4.78 is 29.6. The Labute approximate surface area is 214 Å². The van der Waals surface area contributed by atoms with Crippen LogP contribution < -0.4 is 15.0 Å². The van der Waals surface area contributed by atoms with Crippen molar-refractivity contribution in [2.75, 3.05) is 81.7 Å². The number of fused-ring (bicyclic) bond motifs is 1. The number of hydrogen-bond acceptors (Lipinski definition) is 9. The zero-order valence-corrected chi connectivity index (χ0v) is 22.1. The zero-order chi connectivity index (χ0) is 25.1. The van der Waals surface area contributed by atoms with Crippen molar-refractivity contribution < 1.29 is 13.2 Å². The third-order valence-corrected chi connectivity index (χ3v) is 9.13. The van der Waals surface area contributed by atoms with Gasteiger partial charge >= 0.3 is 0 Å². The zero-order valence-electron chi connectivity index (χ0n) is 21.3. The Morgan fingerprint density at radius 2 is 1.78 bits per heavy atom. The van der Waals surface area contributed by atoms with Crippen molar-refractivity contribution >= 4 is 32.5 Å². The summed E-state index contributed by atoms with van der Waals surface area (Å²) in [6.07, 6.45) is 3.65. The quantitative estimate of drug-likeness (QED) is 0.603. The number of likely N-dealkylation sites (tertiary alicyclic amines) is 1. The van der Waals surface area contributed by atoms with Crippen molar-refractivity contribution in [3.8, 4) is 17.6 Å². The number of nitrogens with one attached hydrogen (secondary N) is 1. The van der Waals surface area contributed by atoms with Gasteiger partial charge in [-0.15, -0.1) is 0 Å². The molecule has 2 aromatic rings. The number of benzene rings is 1. The number of sulfone groups is 1. The summed E-state index contributed by atoms with van der Waals surface area (Å²) in [6, 6.07) is 4.02. The molecule has 1 aromatic heterocycles. The topological polar surface area (TPSA) is 90.9 Å². The van der Waals surface area contributed by atoms with Crippen LogP contribution in [0.3, 0.4) is 0 Å². The Morgan fingerprint density at radius 3 is 2.47 bits per heavy atom. The van der Waals surface area contributed by atoms with Crippen LogP contribution in [0.4, 0.5) is 11.8 Å². The lowest BCUT2D eigenvalue weighted by molar-refractivity contribution is 0.311. The van der Waals surface area contributed by atoms with Crippen molar-refractivity contribution in [3.63, 3.8) is 0 Å². The average molecular weight is 513 g/mol. The van der Waals surface area contributed by atoms with E-state index < -0.39 is 9.84 Å². The Kier molecular flexibility index (Phi) is 7.51. The molecule has 0 radical (unpaired) electrons. The van der Waals surface area contributed by atoms with Crippen LogP contribution in [0.5, 0.6) is 5.75 Å². The monoisotopic (exact) mass is 512 g/mol. The van der Waals surface area contributed by atoms with E-state index in [1.54, 1.807) is 7.11 Å². The Hall–Kier alpha value is -2.61. The van der Waals surface area contributed by atoms with Gasteiger partial charge in [-0.2, -0.15) is 4.98 Å². The van der Waals surface area contributed by atoms with Gasteiger partial charge in [0, 0.05) is 37.6 Å². The minimum Gasteiger partial charge on any atom is -0.495 e. The van der Waals surface area contributed by atoms with E-state index in [-0.39, 0.29) is 17.5 Å². The van der Waals surface area contributed by atoms with Crippen LogP contribution in [0.25, 0.3) is 10.9 Å². The third kappa shape index (κ3) is 5.85. The number of hydrogen-bond donors (Lipinski definition) is 1. The second kappa shape index (κ2) is 10.8. The molecule has 0 bridgehead atoms. The Morgan fingerprint density at radius 1 is 1.06 bits per heavy atom. The highest BCUT2D eigenvalue weighted by Crippen LogP contribution is 2.32. The molecule has 5 rings (SSSR count). The first-order valence-corrected chi connectivity index (χ1v) is 14.7. The predicted molar refractivity (Wildman–Crippen MR) is 144 cm³/mol. The van der Waals surface area contributed by atoms with Gasteiger partial charge in [0.05, 0.1) is 36.2 Å². The lowest BCUT2D eigenvalue weighted by atomic mass is 10.1. The molecule has 36 heavy (non-hydrogen) atoms. The van der Waals surface area contributed by atoms with Gasteiger partial charge < -0.3 is 19.9 Å². The average Bonchev–Trinajstić information content (AvgIpc) is 3.39. The number of rotatable bonds is 5. The summed E-state index contributed by atoms with van der Waals surface area (Å²) in [7, 11) is 0.848. The van der Waals surface area contributed by atoms with Gasteiger partial charge in [-0.05, 0) is 58.0 Å². The maximum Gasteiger partial charge on any atom is 0.227 e. The smallest absolute Gasteiger partial charge is 0.227 e. The van der Waals surface area contributed by atoms with E-state index in [2.05, 4.69) is 38.9 Å². The molecule has 194 valence electrons. The number of methoxy groups -OCH3 is 1. The number of likely N-dealkylation sites (N-methyl/N-ethyl adjacent to an activating group) is 1. The lowest BCUT2D eigenvalue weighted by Crippen LogP contribution is -2.45. The molecule has 0 atom stereocenters. The summed E-state index contributed by atoms with van der Waals surface area (Å²) in [5.41, 5.74) is 1.64. The normalized spacial score (nSPS) is 21.3. The number of piperazine rings is 1. The Bertz CT molecular complexity index is 1240. The van der Waals surface area contributed by atoms with E-state index in [1.807, 2.05) is 12.1 Å². The van der Waals surface area contributed by atoms with Crippen LogP contribution in [0.15, 0.2) is 12.1 Å². The molecule has 1 N–H and O–H groups in total. The molecular formula is C26H36N6O3S. The fourth-order valence-electron chi connectivity index (χ4n) is 5.08. The molecule has 3 saturated heterocycles. The highest BCUT2D eigenvalue weighted by Gasteiger charge is 2.26. The van der Waals surface area contributed by atoms with Gasteiger partial charge in [-0.3, -0.25) is 4.90 Å².